The number of carbonyl (C=O) groups excluding carboxylic acids is 1. The molecule has 0 bridgehead atoms. The highest BCUT2D eigenvalue weighted by Gasteiger charge is 2.22. The van der Waals surface area contributed by atoms with E-state index in [0.29, 0.717) is 13.0 Å². The number of hydrogen-bond donors (Lipinski definition) is 1. The molecule has 1 N–H and O–H groups in total. The van der Waals surface area contributed by atoms with Gasteiger partial charge < -0.3 is 9.88 Å². The number of amides is 1. The van der Waals surface area contributed by atoms with E-state index in [0.717, 1.165) is 11.1 Å². The van der Waals surface area contributed by atoms with E-state index in [1.54, 1.807) is 12.4 Å². The summed E-state index contributed by atoms with van der Waals surface area (Å²) in [5.74, 6) is 0.0305. The third kappa shape index (κ3) is 4.21. The third-order valence-corrected chi connectivity index (χ3v) is 5.38. The van der Waals surface area contributed by atoms with Crippen molar-refractivity contribution in [3.8, 4) is 0 Å². The van der Waals surface area contributed by atoms with Crippen LogP contribution in [-0.2, 0) is 18.4 Å². The molecule has 0 aliphatic heterocycles. The highest BCUT2D eigenvalue weighted by molar-refractivity contribution is 5.86. The molecule has 29 heavy (non-hydrogen) atoms. The highest BCUT2D eigenvalue weighted by Crippen LogP contribution is 2.34. The number of rotatable bonds is 6. The largest absolute Gasteiger partial charge is 0.352 e. The molecule has 1 amide bonds. The molecule has 4 rings (SSSR count). The first kappa shape index (κ1) is 18.9. The van der Waals surface area contributed by atoms with Gasteiger partial charge in [0.2, 0.25) is 5.91 Å². The summed E-state index contributed by atoms with van der Waals surface area (Å²) < 4.78 is 2.14. The van der Waals surface area contributed by atoms with Crippen molar-refractivity contribution in [1.29, 1.82) is 0 Å². The fraction of sp³-hybridized carbons (Fsp3) is 0.200. The Kier molecular flexibility index (Phi) is 5.43. The predicted octanol–water partition coefficient (Wildman–Crippen LogP) is 4.72. The molecule has 4 nitrogen and oxygen atoms in total. The molecular formula is C25H25N3O. The molecule has 0 saturated heterocycles. The number of carbonyl (C=O) groups is 1. The van der Waals surface area contributed by atoms with E-state index in [4.69, 9.17) is 0 Å². The van der Waals surface area contributed by atoms with Crippen molar-refractivity contribution in [3.63, 3.8) is 0 Å². The Morgan fingerprint density at radius 2 is 1.86 bits per heavy atom. The fourth-order valence-electron chi connectivity index (χ4n) is 3.82. The van der Waals surface area contributed by atoms with Crippen molar-refractivity contribution in [2.24, 2.45) is 7.05 Å². The second-order valence-corrected chi connectivity index (χ2v) is 7.52. The Morgan fingerprint density at radius 1 is 1.07 bits per heavy atom. The molecule has 0 unspecified atom stereocenters. The maximum absolute atomic E-state index is 12.8. The van der Waals surface area contributed by atoms with Crippen molar-refractivity contribution in [3.05, 3.63) is 102 Å². The van der Waals surface area contributed by atoms with E-state index in [1.807, 2.05) is 18.2 Å². The molecule has 4 heteroatoms. The lowest BCUT2D eigenvalue weighted by Gasteiger charge is -2.17. The normalized spacial score (nSPS) is 12.1. The van der Waals surface area contributed by atoms with E-state index in [1.165, 1.54) is 22.0 Å². The Balaban J connectivity index is 1.63. The van der Waals surface area contributed by atoms with E-state index in [9.17, 15) is 4.79 Å². The van der Waals surface area contributed by atoms with E-state index >= 15 is 0 Å². The van der Waals surface area contributed by atoms with Crippen LogP contribution in [-0.4, -0.2) is 15.5 Å². The summed E-state index contributed by atoms with van der Waals surface area (Å²) in [5.41, 5.74) is 5.73. The summed E-state index contributed by atoms with van der Waals surface area (Å²) >= 11 is 0. The number of aryl methyl sites for hydroxylation is 2. The number of pyridine rings is 1. The lowest BCUT2D eigenvalue weighted by Crippen LogP contribution is -2.25. The second-order valence-electron chi connectivity index (χ2n) is 7.52. The first-order valence-electron chi connectivity index (χ1n) is 9.88. The zero-order chi connectivity index (χ0) is 20.2. The van der Waals surface area contributed by atoms with Crippen LogP contribution in [0.2, 0.25) is 0 Å². The van der Waals surface area contributed by atoms with Crippen LogP contribution >= 0.6 is 0 Å². The zero-order valence-electron chi connectivity index (χ0n) is 16.8. The summed E-state index contributed by atoms with van der Waals surface area (Å²) in [6.07, 6.45) is 6.07. The van der Waals surface area contributed by atoms with Crippen LogP contribution in [0, 0.1) is 6.92 Å². The quantitative estimate of drug-likeness (QED) is 0.524. The molecule has 1 atom stereocenters. The first-order valence-corrected chi connectivity index (χ1v) is 9.88. The lowest BCUT2D eigenvalue weighted by atomic mass is 9.87. The first-order chi connectivity index (χ1) is 14.1. The molecule has 2 heterocycles. The van der Waals surface area contributed by atoms with Gasteiger partial charge >= 0.3 is 0 Å². The van der Waals surface area contributed by atoms with Crippen molar-refractivity contribution < 1.29 is 4.79 Å². The Morgan fingerprint density at radius 3 is 2.62 bits per heavy atom. The minimum Gasteiger partial charge on any atom is -0.352 e. The summed E-state index contributed by atoms with van der Waals surface area (Å²) in [4.78, 5) is 17.0. The van der Waals surface area contributed by atoms with Crippen LogP contribution in [0.4, 0.5) is 0 Å². The Hall–Kier alpha value is -3.40. The second kappa shape index (κ2) is 8.31. The number of hydrogen-bond acceptors (Lipinski definition) is 2. The fourth-order valence-corrected chi connectivity index (χ4v) is 3.82. The maximum atomic E-state index is 12.8. The lowest BCUT2D eigenvalue weighted by molar-refractivity contribution is -0.121. The zero-order valence-corrected chi connectivity index (χ0v) is 16.8. The van der Waals surface area contributed by atoms with E-state index < -0.39 is 0 Å². The smallest absolute Gasteiger partial charge is 0.221 e. The van der Waals surface area contributed by atoms with Crippen molar-refractivity contribution in [1.82, 2.24) is 14.9 Å². The van der Waals surface area contributed by atoms with E-state index in [-0.39, 0.29) is 11.8 Å². The molecule has 0 saturated carbocycles. The van der Waals surface area contributed by atoms with Crippen LogP contribution in [0.3, 0.4) is 0 Å². The van der Waals surface area contributed by atoms with Gasteiger partial charge in [0.1, 0.15) is 0 Å². The van der Waals surface area contributed by atoms with Crippen LogP contribution in [0.15, 0.2) is 79.3 Å². The minimum absolute atomic E-state index is 0.00408. The molecule has 2 aromatic heterocycles. The Bertz CT molecular complexity index is 1110. The van der Waals surface area contributed by atoms with Crippen molar-refractivity contribution >= 4 is 16.8 Å². The molecule has 146 valence electrons. The molecule has 4 aromatic rings. The molecule has 0 radical (unpaired) electrons. The predicted molar refractivity (Wildman–Crippen MR) is 117 cm³/mol. The van der Waals surface area contributed by atoms with Gasteiger partial charge in [0.15, 0.2) is 0 Å². The number of benzene rings is 2. The highest BCUT2D eigenvalue weighted by atomic mass is 16.1. The average Bonchev–Trinajstić information content (AvgIpc) is 3.09. The molecular weight excluding hydrogens is 358 g/mol. The van der Waals surface area contributed by atoms with Gasteiger partial charge in [-0.2, -0.15) is 0 Å². The van der Waals surface area contributed by atoms with Gasteiger partial charge in [0.05, 0.1) is 0 Å². The van der Waals surface area contributed by atoms with Gasteiger partial charge in [-0.25, -0.2) is 0 Å². The maximum Gasteiger partial charge on any atom is 0.221 e. The van der Waals surface area contributed by atoms with Crippen molar-refractivity contribution in [2.45, 2.75) is 25.8 Å². The van der Waals surface area contributed by atoms with Crippen LogP contribution in [0.5, 0.6) is 0 Å². The number of nitrogens with one attached hydrogen (secondary N) is 1. The minimum atomic E-state index is -0.00408. The monoisotopic (exact) mass is 383 g/mol. The average molecular weight is 383 g/mol. The standard InChI is InChI=1S/C25H25N3O/c1-18-9-11-20(12-10-18)22(14-25(29)27-16-19-6-5-13-26-15-19)23-17-28(2)24-8-4-3-7-21(23)24/h3-13,15,17,22H,14,16H2,1-2H3,(H,27,29)/t22-/m0/s1. The van der Waals surface area contributed by atoms with Gasteiger partial charge in [-0.15, -0.1) is 0 Å². The SMILES string of the molecule is Cc1ccc([C@H](CC(=O)NCc2cccnc2)c2cn(C)c3ccccc23)cc1. The molecule has 0 aliphatic rings. The number of aromatic nitrogens is 2. The topological polar surface area (TPSA) is 46.9 Å². The molecule has 2 aromatic carbocycles. The van der Waals surface area contributed by atoms with Gasteiger partial charge in [-0.3, -0.25) is 9.78 Å². The van der Waals surface area contributed by atoms with Gasteiger partial charge in [-0.1, -0.05) is 54.1 Å². The number of nitrogens with zero attached hydrogens (tertiary/aromatic N) is 2. The van der Waals surface area contributed by atoms with Crippen LogP contribution in [0.25, 0.3) is 10.9 Å². The van der Waals surface area contributed by atoms with Crippen LogP contribution in [0.1, 0.15) is 34.6 Å². The van der Waals surface area contributed by atoms with Gasteiger partial charge in [0, 0.05) is 55.4 Å². The summed E-state index contributed by atoms with van der Waals surface area (Å²) in [7, 11) is 2.06. The molecule has 0 fully saturated rings. The summed E-state index contributed by atoms with van der Waals surface area (Å²) in [5, 5.41) is 4.24. The summed E-state index contributed by atoms with van der Waals surface area (Å²) in [6, 6.07) is 20.7. The van der Waals surface area contributed by atoms with Gasteiger partial charge in [-0.05, 0) is 35.7 Å². The van der Waals surface area contributed by atoms with Crippen molar-refractivity contribution in [2.75, 3.05) is 0 Å². The number of fused-ring (bicyclic) bond motifs is 1. The molecule has 0 spiro atoms. The van der Waals surface area contributed by atoms with Gasteiger partial charge in [0.25, 0.3) is 0 Å². The van der Waals surface area contributed by atoms with E-state index in [2.05, 4.69) is 77.5 Å². The Labute approximate surface area is 171 Å². The molecule has 0 aliphatic carbocycles. The third-order valence-electron chi connectivity index (χ3n) is 5.38. The van der Waals surface area contributed by atoms with Crippen LogP contribution < -0.4 is 5.32 Å². The number of para-hydroxylation sites is 1. The summed E-state index contributed by atoms with van der Waals surface area (Å²) in [6.45, 7) is 2.57.